The summed E-state index contributed by atoms with van der Waals surface area (Å²) >= 11 is 0. The number of nitrogens with two attached hydrogens (primary N) is 1. The predicted molar refractivity (Wildman–Crippen MR) is 62.7 cm³/mol. The van der Waals surface area contributed by atoms with Gasteiger partial charge in [-0.15, -0.1) is 0 Å². The summed E-state index contributed by atoms with van der Waals surface area (Å²) in [6.07, 6.45) is 0.977. The number of carbonyl (C=O) groups excluding carboxylic acids is 1. The molecule has 1 amide bonds. The molecule has 0 aliphatic heterocycles. The first kappa shape index (κ1) is 13.7. The highest BCUT2D eigenvalue weighted by atomic mass is 16.2. The second-order valence-electron chi connectivity index (χ2n) is 4.43. The summed E-state index contributed by atoms with van der Waals surface area (Å²) in [5, 5.41) is 5.70. The Kier molecular flexibility index (Phi) is 5.74. The molecule has 0 saturated carbocycles. The van der Waals surface area contributed by atoms with Gasteiger partial charge in [-0.3, -0.25) is 4.79 Å². The van der Waals surface area contributed by atoms with Crippen LogP contribution in [0.25, 0.3) is 0 Å². The zero-order valence-electron chi connectivity index (χ0n) is 10.1. The first-order chi connectivity index (χ1) is 6.85. The monoisotopic (exact) mass is 214 g/mol. The Balaban J connectivity index is 3.88. The van der Waals surface area contributed by atoms with E-state index in [-0.39, 0.29) is 18.0 Å². The maximum Gasteiger partial charge on any atom is 0.242 e. The Labute approximate surface area is 91.5 Å². The molecule has 0 bridgehead atoms. The maximum atomic E-state index is 11.3. The second kappa shape index (κ2) is 6.27. The highest BCUT2D eigenvalue weighted by molar-refractivity contribution is 5.84. The normalized spacial score (nSPS) is 12.4. The van der Waals surface area contributed by atoms with Gasteiger partial charge in [0.05, 0.1) is 0 Å². The molecule has 0 spiro atoms. The lowest BCUT2D eigenvalue weighted by molar-refractivity contribution is -0.121. The molecule has 0 aliphatic carbocycles. The molecular formula is C10H22N4O. The lowest BCUT2D eigenvalue weighted by Gasteiger charge is -2.19. The van der Waals surface area contributed by atoms with Gasteiger partial charge in [0, 0.05) is 12.1 Å². The van der Waals surface area contributed by atoms with Crippen molar-refractivity contribution in [1.29, 1.82) is 0 Å². The topological polar surface area (TPSA) is 79.5 Å². The SMILES string of the molecule is CCCNC(N)=NCC(=O)NC(C)(C)C. The van der Waals surface area contributed by atoms with Crippen LogP contribution in [0, 0.1) is 0 Å². The third kappa shape index (κ3) is 9.05. The Hall–Kier alpha value is -1.26. The van der Waals surface area contributed by atoms with Crippen LogP contribution in [0.2, 0.25) is 0 Å². The Bertz CT molecular complexity index is 230. The van der Waals surface area contributed by atoms with Gasteiger partial charge in [0.1, 0.15) is 6.54 Å². The number of carbonyl (C=O) groups is 1. The van der Waals surface area contributed by atoms with Gasteiger partial charge >= 0.3 is 0 Å². The van der Waals surface area contributed by atoms with Crippen LogP contribution in [0.15, 0.2) is 4.99 Å². The summed E-state index contributed by atoms with van der Waals surface area (Å²) in [6, 6.07) is 0. The van der Waals surface area contributed by atoms with E-state index in [2.05, 4.69) is 15.6 Å². The lowest BCUT2D eigenvalue weighted by Crippen LogP contribution is -2.42. The Morgan fingerprint density at radius 1 is 1.40 bits per heavy atom. The highest BCUT2D eigenvalue weighted by Crippen LogP contribution is 1.97. The number of nitrogens with zero attached hydrogens (tertiary/aromatic N) is 1. The fourth-order valence-corrected chi connectivity index (χ4v) is 0.924. The Morgan fingerprint density at radius 2 is 2.00 bits per heavy atom. The zero-order valence-corrected chi connectivity index (χ0v) is 10.1. The van der Waals surface area contributed by atoms with Gasteiger partial charge in [-0.05, 0) is 27.2 Å². The second-order valence-corrected chi connectivity index (χ2v) is 4.43. The van der Waals surface area contributed by atoms with Crippen molar-refractivity contribution in [2.24, 2.45) is 10.7 Å². The third-order valence-corrected chi connectivity index (χ3v) is 1.46. The van der Waals surface area contributed by atoms with E-state index in [1.54, 1.807) is 0 Å². The largest absolute Gasteiger partial charge is 0.370 e. The first-order valence-corrected chi connectivity index (χ1v) is 5.20. The first-order valence-electron chi connectivity index (χ1n) is 5.20. The molecule has 88 valence electrons. The number of rotatable bonds is 4. The smallest absolute Gasteiger partial charge is 0.242 e. The van der Waals surface area contributed by atoms with Crippen LogP contribution >= 0.6 is 0 Å². The number of nitrogens with one attached hydrogen (secondary N) is 2. The van der Waals surface area contributed by atoms with E-state index in [0.29, 0.717) is 5.96 Å². The average molecular weight is 214 g/mol. The van der Waals surface area contributed by atoms with Crippen LogP contribution in [-0.2, 0) is 4.79 Å². The van der Waals surface area contributed by atoms with Crippen molar-refractivity contribution in [3.8, 4) is 0 Å². The third-order valence-electron chi connectivity index (χ3n) is 1.46. The van der Waals surface area contributed by atoms with Gasteiger partial charge in [0.15, 0.2) is 5.96 Å². The average Bonchev–Trinajstić information content (AvgIpc) is 2.08. The van der Waals surface area contributed by atoms with Crippen LogP contribution in [0.5, 0.6) is 0 Å². The summed E-state index contributed by atoms with van der Waals surface area (Å²) in [7, 11) is 0. The minimum absolute atomic E-state index is 0.0693. The number of amides is 1. The molecule has 0 fully saturated rings. The molecule has 0 heterocycles. The van der Waals surface area contributed by atoms with Crippen molar-refractivity contribution in [1.82, 2.24) is 10.6 Å². The molecule has 0 saturated heterocycles. The van der Waals surface area contributed by atoms with Crippen molar-refractivity contribution in [3.05, 3.63) is 0 Å². The number of guanidine groups is 1. The number of hydrogen-bond acceptors (Lipinski definition) is 2. The molecule has 0 radical (unpaired) electrons. The van der Waals surface area contributed by atoms with Crippen molar-refractivity contribution in [3.63, 3.8) is 0 Å². The fourth-order valence-electron chi connectivity index (χ4n) is 0.924. The van der Waals surface area contributed by atoms with Crippen LogP contribution in [-0.4, -0.2) is 30.5 Å². The van der Waals surface area contributed by atoms with Gasteiger partial charge in [0.2, 0.25) is 5.91 Å². The van der Waals surface area contributed by atoms with Gasteiger partial charge in [0.25, 0.3) is 0 Å². The van der Waals surface area contributed by atoms with Crippen LogP contribution in [0.1, 0.15) is 34.1 Å². The van der Waals surface area contributed by atoms with Gasteiger partial charge in [-0.2, -0.15) is 0 Å². The molecule has 0 aliphatic rings. The molecule has 0 aromatic carbocycles. The van der Waals surface area contributed by atoms with Gasteiger partial charge in [-0.25, -0.2) is 4.99 Å². The molecule has 0 atom stereocenters. The molecule has 0 rings (SSSR count). The Morgan fingerprint density at radius 3 is 2.47 bits per heavy atom. The molecular weight excluding hydrogens is 192 g/mol. The van der Waals surface area contributed by atoms with Crippen molar-refractivity contribution >= 4 is 11.9 Å². The van der Waals surface area contributed by atoms with Crippen LogP contribution < -0.4 is 16.4 Å². The predicted octanol–water partition coefficient (Wildman–Crippen LogP) is 0.215. The molecule has 0 aromatic heterocycles. The van der Waals surface area contributed by atoms with Crippen LogP contribution in [0.4, 0.5) is 0 Å². The fraction of sp³-hybridized carbons (Fsp3) is 0.800. The van der Waals surface area contributed by atoms with E-state index in [9.17, 15) is 4.79 Å². The maximum absolute atomic E-state index is 11.3. The van der Waals surface area contributed by atoms with E-state index >= 15 is 0 Å². The summed E-state index contributed by atoms with van der Waals surface area (Å²) in [4.78, 5) is 15.3. The van der Waals surface area contributed by atoms with E-state index in [1.807, 2.05) is 27.7 Å². The molecule has 0 unspecified atom stereocenters. The van der Waals surface area contributed by atoms with E-state index < -0.39 is 0 Å². The standard InChI is InChI=1S/C10H22N4O/c1-5-6-12-9(11)13-7-8(15)14-10(2,3)4/h5-7H2,1-4H3,(H,14,15)(H3,11,12,13). The molecule has 15 heavy (non-hydrogen) atoms. The summed E-state index contributed by atoms with van der Waals surface area (Å²) in [6.45, 7) is 8.65. The van der Waals surface area contributed by atoms with E-state index in [0.717, 1.165) is 13.0 Å². The van der Waals surface area contributed by atoms with E-state index in [1.165, 1.54) is 0 Å². The van der Waals surface area contributed by atoms with Crippen LogP contribution in [0.3, 0.4) is 0 Å². The number of aliphatic imine (C=N–C) groups is 1. The highest BCUT2D eigenvalue weighted by Gasteiger charge is 2.12. The molecule has 5 nitrogen and oxygen atoms in total. The summed E-state index contributed by atoms with van der Waals surface area (Å²) in [5.41, 5.74) is 5.31. The summed E-state index contributed by atoms with van der Waals surface area (Å²) < 4.78 is 0. The van der Waals surface area contributed by atoms with Crippen molar-refractivity contribution in [2.45, 2.75) is 39.7 Å². The minimum atomic E-state index is -0.224. The van der Waals surface area contributed by atoms with Crippen molar-refractivity contribution < 1.29 is 4.79 Å². The molecule has 4 N–H and O–H groups in total. The van der Waals surface area contributed by atoms with Gasteiger partial charge in [-0.1, -0.05) is 6.92 Å². The summed E-state index contributed by atoms with van der Waals surface area (Å²) in [5.74, 6) is 0.199. The zero-order chi connectivity index (χ0) is 11.9. The van der Waals surface area contributed by atoms with Gasteiger partial charge < -0.3 is 16.4 Å². The molecule has 0 aromatic rings. The quantitative estimate of drug-likeness (QED) is 0.462. The minimum Gasteiger partial charge on any atom is -0.370 e. The van der Waals surface area contributed by atoms with E-state index in [4.69, 9.17) is 5.73 Å². The lowest BCUT2D eigenvalue weighted by atomic mass is 10.1. The number of hydrogen-bond donors (Lipinski definition) is 3. The van der Waals surface area contributed by atoms with Crippen molar-refractivity contribution in [2.75, 3.05) is 13.1 Å². The molecule has 5 heteroatoms.